The van der Waals surface area contributed by atoms with Crippen molar-refractivity contribution in [3.8, 4) is 17.3 Å². The van der Waals surface area contributed by atoms with E-state index in [1.54, 1.807) is 27.0 Å². The minimum Gasteiger partial charge on any atom is -0.444 e. The number of hydrogen-bond acceptors (Lipinski definition) is 9. The second kappa shape index (κ2) is 10.2. The van der Waals surface area contributed by atoms with Crippen molar-refractivity contribution >= 4 is 49.4 Å². The zero-order valence-electron chi connectivity index (χ0n) is 23.1. The van der Waals surface area contributed by atoms with Gasteiger partial charge < -0.3 is 14.4 Å². The fraction of sp³-hybridized carbons (Fsp3) is 0.414. The van der Waals surface area contributed by atoms with Gasteiger partial charge in [-0.3, -0.25) is 10.3 Å². The lowest BCUT2D eigenvalue weighted by Gasteiger charge is -2.19. The second-order valence-corrected chi connectivity index (χ2v) is 12.3. The Morgan fingerprint density at radius 2 is 2.05 bits per heavy atom. The number of fused-ring (bicyclic) bond motifs is 4. The molecule has 1 fully saturated rings. The van der Waals surface area contributed by atoms with Crippen LogP contribution in [0.15, 0.2) is 12.4 Å². The van der Waals surface area contributed by atoms with Crippen LogP contribution in [0.1, 0.15) is 57.2 Å². The van der Waals surface area contributed by atoms with E-state index in [1.165, 1.54) is 0 Å². The molecule has 4 aromatic rings. The number of thiophene rings is 1. The van der Waals surface area contributed by atoms with Crippen LogP contribution in [0.4, 0.5) is 24.5 Å². The van der Waals surface area contributed by atoms with Crippen LogP contribution in [0.2, 0.25) is 0 Å². The molecule has 1 aromatic carbocycles. The molecule has 0 aliphatic carbocycles. The third-order valence-electron chi connectivity index (χ3n) is 7.47. The van der Waals surface area contributed by atoms with Crippen molar-refractivity contribution < 1.29 is 23.0 Å². The van der Waals surface area contributed by atoms with Gasteiger partial charge in [-0.1, -0.05) is 13.3 Å². The average molecular weight is 579 g/mol. The highest BCUT2D eigenvalue weighted by Gasteiger charge is 2.31. The lowest BCUT2D eigenvalue weighted by atomic mass is 9.94. The van der Waals surface area contributed by atoms with Crippen molar-refractivity contribution in [3.63, 3.8) is 0 Å². The van der Waals surface area contributed by atoms with Gasteiger partial charge in [-0.05, 0) is 44.2 Å². The molecular formula is C29H28F2N6O3S. The van der Waals surface area contributed by atoms with Gasteiger partial charge in [0.1, 0.15) is 22.2 Å². The smallest absolute Gasteiger partial charge is 0.412 e. The molecule has 0 saturated carbocycles. The molecule has 6 rings (SSSR count). The molecule has 5 heterocycles. The van der Waals surface area contributed by atoms with Crippen molar-refractivity contribution in [2.75, 3.05) is 23.3 Å². The van der Waals surface area contributed by atoms with E-state index in [-0.39, 0.29) is 50.6 Å². The summed E-state index contributed by atoms with van der Waals surface area (Å²) in [5.74, 6) is -0.352. The van der Waals surface area contributed by atoms with E-state index in [0.717, 1.165) is 49.0 Å². The van der Waals surface area contributed by atoms with Crippen LogP contribution in [-0.4, -0.2) is 39.7 Å². The maximum absolute atomic E-state index is 16.6. The van der Waals surface area contributed by atoms with Gasteiger partial charge in [-0.15, -0.1) is 11.3 Å². The number of anilines is 2. The van der Waals surface area contributed by atoms with E-state index in [9.17, 15) is 10.1 Å². The maximum Gasteiger partial charge on any atom is 0.412 e. The normalized spacial score (nSPS) is 16.8. The number of nitrogens with zero attached hydrogens (tertiary/aromatic N) is 5. The zero-order chi connectivity index (χ0) is 29.1. The van der Waals surface area contributed by atoms with Gasteiger partial charge in [0.15, 0.2) is 11.6 Å². The Morgan fingerprint density at radius 1 is 1.27 bits per heavy atom. The predicted octanol–water partition coefficient (Wildman–Crippen LogP) is 6.67. The van der Waals surface area contributed by atoms with Crippen molar-refractivity contribution in [1.29, 1.82) is 5.26 Å². The number of carbonyl (C=O) groups excluding carboxylic acids is 1. The molecule has 0 spiro atoms. The minimum absolute atomic E-state index is 0.0314. The van der Waals surface area contributed by atoms with Crippen LogP contribution in [-0.2, 0) is 22.7 Å². The van der Waals surface area contributed by atoms with E-state index in [0.29, 0.717) is 22.8 Å². The monoisotopic (exact) mass is 578 g/mol. The van der Waals surface area contributed by atoms with Gasteiger partial charge in [0.2, 0.25) is 5.95 Å². The highest BCUT2D eigenvalue weighted by molar-refractivity contribution is 7.23. The lowest BCUT2D eigenvalue weighted by Crippen LogP contribution is -2.27. The minimum atomic E-state index is -0.793. The Balaban J connectivity index is 1.54. The van der Waals surface area contributed by atoms with Crippen molar-refractivity contribution in [2.24, 2.45) is 5.92 Å². The second-order valence-electron chi connectivity index (χ2n) is 11.3. The SMILES string of the molecule is CCC1CCN(c2ncc3c4c(c(-c5ncc(F)c6sc(NC(=O)OC(C)(C)C)c(C#N)c56)c(F)c3n2)COC4)C1. The van der Waals surface area contributed by atoms with Crippen molar-refractivity contribution in [1.82, 2.24) is 15.0 Å². The first-order valence-electron chi connectivity index (χ1n) is 13.4. The number of pyridine rings is 1. The molecule has 2 aliphatic rings. The molecule has 12 heteroatoms. The van der Waals surface area contributed by atoms with E-state index in [2.05, 4.69) is 38.2 Å². The number of benzene rings is 1. The first-order valence-corrected chi connectivity index (χ1v) is 14.2. The highest BCUT2D eigenvalue weighted by atomic mass is 32.1. The quantitative estimate of drug-likeness (QED) is 0.286. The van der Waals surface area contributed by atoms with Gasteiger partial charge >= 0.3 is 6.09 Å². The number of ether oxygens (including phenoxy) is 2. The molecule has 212 valence electrons. The molecule has 1 N–H and O–H groups in total. The summed E-state index contributed by atoms with van der Waals surface area (Å²) in [7, 11) is 0. The summed E-state index contributed by atoms with van der Waals surface area (Å²) in [4.78, 5) is 28.1. The van der Waals surface area contributed by atoms with Crippen LogP contribution >= 0.6 is 11.3 Å². The van der Waals surface area contributed by atoms with Crippen LogP contribution in [0.3, 0.4) is 0 Å². The summed E-state index contributed by atoms with van der Waals surface area (Å²) in [5, 5.41) is 13.4. The Kier molecular flexibility index (Phi) is 6.74. The summed E-state index contributed by atoms with van der Waals surface area (Å²) in [6.45, 7) is 9.20. The van der Waals surface area contributed by atoms with Crippen LogP contribution in [0.25, 0.3) is 32.2 Å². The van der Waals surface area contributed by atoms with Crippen LogP contribution in [0, 0.1) is 28.9 Å². The van der Waals surface area contributed by atoms with Gasteiger partial charge in [0.05, 0.1) is 35.4 Å². The Labute approximate surface area is 239 Å². The zero-order valence-corrected chi connectivity index (χ0v) is 23.9. The molecule has 3 aromatic heterocycles. The number of rotatable bonds is 4. The number of nitriles is 1. The summed E-state index contributed by atoms with van der Waals surface area (Å²) in [5.41, 5.74) is 0.774. The summed E-state index contributed by atoms with van der Waals surface area (Å²) >= 11 is 0.867. The first kappa shape index (κ1) is 27.2. The summed E-state index contributed by atoms with van der Waals surface area (Å²) in [6.07, 6.45) is 3.92. The third-order valence-corrected chi connectivity index (χ3v) is 8.58. The third kappa shape index (κ3) is 4.73. The Morgan fingerprint density at radius 3 is 2.76 bits per heavy atom. The molecule has 1 atom stereocenters. The molecule has 0 radical (unpaired) electrons. The molecule has 2 aliphatic heterocycles. The topological polar surface area (TPSA) is 113 Å². The summed E-state index contributed by atoms with van der Waals surface area (Å²) < 4.78 is 42.8. The van der Waals surface area contributed by atoms with Crippen molar-refractivity contribution in [2.45, 2.75) is 59.4 Å². The van der Waals surface area contributed by atoms with Crippen LogP contribution in [0.5, 0.6) is 0 Å². The van der Waals surface area contributed by atoms with Gasteiger partial charge in [0, 0.05) is 35.6 Å². The highest BCUT2D eigenvalue weighted by Crippen LogP contribution is 2.46. The Bertz CT molecular complexity index is 1760. The van der Waals surface area contributed by atoms with E-state index < -0.39 is 23.3 Å². The van der Waals surface area contributed by atoms with Crippen molar-refractivity contribution in [3.05, 3.63) is 40.7 Å². The number of amides is 1. The Hall–Kier alpha value is -3.95. The number of aromatic nitrogens is 3. The van der Waals surface area contributed by atoms with Gasteiger partial charge in [0.25, 0.3) is 0 Å². The summed E-state index contributed by atoms with van der Waals surface area (Å²) in [6, 6.07) is 2.05. The molecule has 0 bridgehead atoms. The first-order chi connectivity index (χ1) is 19.6. The van der Waals surface area contributed by atoms with E-state index >= 15 is 8.78 Å². The van der Waals surface area contributed by atoms with Gasteiger partial charge in [-0.25, -0.2) is 23.5 Å². The maximum atomic E-state index is 16.6. The lowest BCUT2D eigenvalue weighted by molar-refractivity contribution is 0.0636. The molecule has 41 heavy (non-hydrogen) atoms. The van der Waals surface area contributed by atoms with E-state index in [1.807, 2.05) is 0 Å². The molecule has 1 saturated heterocycles. The van der Waals surface area contributed by atoms with E-state index in [4.69, 9.17) is 9.47 Å². The fourth-order valence-corrected chi connectivity index (χ4v) is 6.54. The molecule has 9 nitrogen and oxygen atoms in total. The molecular weight excluding hydrogens is 550 g/mol. The van der Waals surface area contributed by atoms with Crippen LogP contribution < -0.4 is 10.2 Å². The van der Waals surface area contributed by atoms with Gasteiger partial charge in [-0.2, -0.15) is 5.26 Å². The number of carbonyl (C=O) groups is 1. The standard InChI is InChI=1S/C29H28F2N6O3S/c1-5-14-6-7-37(11-14)27-34-9-16-17-12-39-13-18(17)20(22(31)23(16)35-27)24-21-15(8-32)26(36-28(38)40-29(2,3)4)41-25(21)19(30)10-33-24/h9-10,14H,5-7,11-13H2,1-4H3,(H,36,38). The molecule has 1 unspecified atom stereocenters. The number of hydrogen-bond donors (Lipinski definition) is 1. The average Bonchev–Trinajstić information content (AvgIpc) is 3.67. The number of halogens is 2. The molecule has 1 amide bonds. The predicted molar refractivity (Wildman–Crippen MR) is 152 cm³/mol. The fourth-order valence-electron chi connectivity index (χ4n) is 5.50. The number of nitrogens with one attached hydrogen (secondary N) is 1. The largest absolute Gasteiger partial charge is 0.444 e.